The Bertz CT molecular complexity index is 733. The number of aromatic nitrogens is 1. The van der Waals surface area contributed by atoms with Crippen LogP contribution in [0.15, 0.2) is 18.7 Å². The predicted molar refractivity (Wildman–Crippen MR) is 80.0 cm³/mol. The molecular weight excluding hydrogens is 276 g/mol. The van der Waals surface area contributed by atoms with Crippen molar-refractivity contribution in [1.29, 1.82) is 0 Å². The van der Waals surface area contributed by atoms with Crippen molar-refractivity contribution in [2.45, 2.75) is 13.3 Å². The molecule has 0 unspecified atom stereocenters. The summed E-state index contributed by atoms with van der Waals surface area (Å²) < 4.78 is 5.27. The molecule has 0 bridgehead atoms. The molecule has 0 spiro atoms. The molecule has 20 heavy (non-hydrogen) atoms. The lowest BCUT2D eigenvalue weighted by Gasteiger charge is -2.28. The van der Waals surface area contributed by atoms with Gasteiger partial charge in [0.05, 0.1) is 23.5 Å². The average Bonchev–Trinajstić information content (AvgIpc) is 2.76. The summed E-state index contributed by atoms with van der Waals surface area (Å²) in [6, 6.07) is 3.78. The van der Waals surface area contributed by atoms with E-state index in [9.17, 15) is 4.79 Å². The van der Waals surface area contributed by atoms with Crippen molar-refractivity contribution >= 4 is 34.1 Å². The fourth-order valence-electron chi connectivity index (χ4n) is 2.75. The number of H-pyrrole nitrogens is 1. The number of amides is 1. The summed E-state index contributed by atoms with van der Waals surface area (Å²) in [5.41, 5.74) is 3.72. The molecule has 1 aliphatic heterocycles. The molecule has 1 N–H and O–H groups in total. The van der Waals surface area contributed by atoms with Crippen molar-refractivity contribution < 1.29 is 9.53 Å². The number of fused-ring (bicyclic) bond motifs is 3. The number of ether oxygens (including phenoxy) is 1. The first-order chi connectivity index (χ1) is 9.52. The number of aromatic amines is 1. The maximum Gasteiger partial charge on any atom is 0.223 e. The minimum Gasteiger partial charge on any atom is -0.495 e. The van der Waals surface area contributed by atoms with Crippen LogP contribution in [0.3, 0.4) is 0 Å². The Morgan fingerprint density at radius 3 is 2.90 bits per heavy atom. The SMILES string of the molecule is C=C1c2[nH]c3cc(Cl)c(OC)cc3c2CCN1C(C)=O. The Kier molecular flexibility index (Phi) is 2.98. The Morgan fingerprint density at radius 1 is 1.50 bits per heavy atom. The van der Waals surface area contributed by atoms with Crippen molar-refractivity contribution in [1.82, 2.24) is 9.88 Å². The number of methoxy groups -OCH3 is 1. The molecule has 2 aromatic rings. The summed E-state index contributed by atoms with van der Waals surface area (Å²) in [6.45, 7) is 6.23. The summed E-state index contributed by atoms with van der Waals surface area (Å²) in [7, 11) is 1.60. The highest BCUT2D eigenvalue weighted by Crippen LogP contribution is 2.37. The second-order valence-electron chi connectivity index (χ2n) is 4.88. The van der Waals surface area contributed by atoms with Crippen molar-refractivity contribution in [3.63, 3.8) is 0 Å². The second kappa shape index (κ2) is 4.56. The van der Waals surface area contributed by atoms with Gasteiger partial charge in [0, 0.05) is 24.4 Å². The van der Waals surface area contributed by atoms with Crippen molar-refractivity contribution in [2.75, 3.05) is 13.7 Å². The van der Waals surface area contributed by atoms with E-state index in [2.05, 4.69) is 11.6 Å². The lowest BCUT2D eigenvalue weighted by Crippen LogP contribution is -2.32. The Hall–Kier alpha value is -1.94. The van der Waals surface area contributed by atoms with Gasteiger partial charge in [-0.2, -0.15) is 0 Å². The third kappa shape index (κ3) is 1.79. The Balaban J connectivity index is 2.20. The molecule has 0 aliphatic carbocycles. The maximum absolute atomic E-state index is 11.6. The number of nitrogens with zero attached hydrogens (tertiary/aromatic N) is 1. The van der Waals surface area contributed by atoms with E-state index in [0.29, 0.717) is 23.0 Å². The van der Waals surface area contributed by atoms with Gasteiger partial charge < -0.3 is 14.6 Å². The van der Waals surface area contributed by atoms with Crippen LogP contribution in [0.25, 0.3) is 16.6 Å². The summed E-state index contributed by atoms with van der Waals surface area (Å²) in [5, 5.41) is 1.64. The van der Waals surface area contributed by atoms with Crippen LogP contribution in [0.2, 0.25) is 5.02 Å². The summed E-state index contributed by atoms with van der Waals surface area (Å²) in [6.07, 6.45) is 0.790. The van der Waals surface area contributed by atoms with Gasteiger partial charge >= 0.3 is 0 Å². The number of benzene rings is 1. The molecule has 5 heteroatoms. The number of hydrogen-bond donors (Lipinski definition) is 1. The lowest BCUT2D eigenvalue weighted by molar-refractivity contribution is -0.125. The summed E-state index contributed by atoms with van der Waals surface area (Å²) in [4.78, 5) is 16.6. The normalized spacial score (nSPS) is 14.6. The van der Waals surface area contributed by atoms with Crippen LogP contribution >= 0.6 is 11.6 Å². The van der Waals surface area contributed by atoms with Gasteiger partial charge in [-0.15, -0.1) is 0 Å². The molecule has 1 amide bonds. The number of carbonyl (C=O) groups excluding carboxylic acids is 1. The zero-order chi connectivity index (χ0) is 14.4. The highest BCUT2D eigenvalue weighted by Gasteiger charge is 2.26. The average molecular weight is 291 g/mol. The van der Waals surface area contributed by atoms with Crippen LogP contribution in [0.5, 0.6) is 5.75 Å². The second-order valence-corrected chi connectivity index (χ2v) is 5.29. The smallest absolute Gasteiger partial charge is 0.223 e. The number of hydrogen-bond acceptors (Lipinski definition) is 2. The maximum atomic E-state index is 11.6. The highest BCUT2D eigenvalue weighted by molar-refractivity contribution is 6.32. The van der Waals surface area contributed by atoms with Gasteiger partial charge in [-0.25, -0.2) is 0 Å². The molecule has 0 atom stereocenters. The lowest BCUT2D eigenvalue weighted by atomic mass is 10.0. The van der Waals surface area contributed by atoms with Gasteiger partial charge in [0.15, 0.2) is 0 Å². The standard InChI is InChI=1S/C15H15ClN2O2/c1-8-15-10(4-5-18(8)9(2)19)11-6-14(20-3)12(16)7-13(11)17-15/h6-7,17H,1,4-5H2,2-3H3. The first-order valence-electron chi connectivity index (χ1n) is 6.38. The summed E-state index contributed by atoms with van der Waals surface area (Å²) in [5.74, 6) is 0.662. The van der Waals surface area contributed by atoms with Gasteiger partial charge in [0.1, 0.15) is 5.75 Å². The van der Waals surface area contributed by atoms with E-state index in [0.717, 1.165) is 28.6 Å². The number of nitrogens with one attached hydrogen (secondary N) is 1. The van der Waals surface area contributed by atoms with Crippen molar-refractivity contribution in [2.24, 2.45) is 0 Å². The molecule has 3 rings (SSSR count). The number of rotatable bonds is 1. The fourth-order valence-corrected chi connectivity index (χ4v) is 3.00. The quantitative estimate of drug-likeness (QED) is 0.876. The van der Waals surface area contributed by atoms with Crippen LogP contribution in [0.4, 0.5) is 0 Å². The van der Waals surface area contributed by atoms with E-state index in [-0.39, 0.29) is 5.91 Å². The molecule has 4 nitrogen and oxygen atoms in total. The number of halogens is 1. The molecule has 104 valence electrons. The largest absolute Gasteiger partial charge is 0.495 e. The molecule has 0 saturated carbocycles. The molecule has 0 saturated heterocycles. The van der Waals surface area contributed by atoms with Crippen LogP contribution in [-0.2, 0) is 11.2 Å². The Morgan fingerprint density at radius 2 is 2.25 bits per heavy atom. The minimum absolute atomic E-state index is 0.00918. The monoisotopic (exact) mass is 290 g/mol. The van der Waals surface area contributed by atoms with E-state index in [1.54, 1.807) is 18.9 Å². The van der Waals surface area contributed by atoms with E-state index in [1.807, 2.05) is 12.1 Å². The molecular formula is C15H15ClN2O2. The third-order valence-corrected chi connectivity index (χ3v) is 4.05. The topological polar surface area (TPSA) is 45.3 Å². The minimum atomic E-state index is 0.00918. The third-order valence-electron chi connectivity index (χ3n) is 3.76. The Labute approximate surface area is 122 Å². The van der Waals surface area contributed by atoms with Gasteiger partial charge in [-0.05, 0) is 24.1 Å². The van der Waals surface area contributed by atoms with Crippen LogP contribution in [0, 0.1) is 0 Å². The van der Waals surface area contributed by atoms with Crippen molar-refractivity contribution in [3.8, 4) is 5.75 Å². The van der Waals surface area contributed by atoms with Gasteiger partial charge in [0.2, 0.25) is 5.91 Å². The molecule has 0 fully saturated rings. The van der Waals surface area contributed by atoms with Gasteiger partial charge in [-0.3, -0.25) is 4.79 Å². The number of carbonyl (C=O) groups is 1. The van der Waals surface area contributed by atoms with Gasteiger partial charge in [0.25, 0.3) is 0 Å². The van der Waals surface area contributed by atoms with Crippen molar-refractivity contribution in [3.05, 3.63) is 35.0 Å². The zero-order valence-electron chi connectivity index (χ0n) is 11.4. The zero-order valence-corrected chi connectivity index (χ0v) is 12.2. The van der Waals surface area contributed by atoms with Crippen LogP contribution in [-0.4, -0.2) is 29.4 Å². The summed E-state index contributed by atoms with van der Waals surface area (Å²) >= 11 is 6.15. The molecule has 1 aromatic carbocycles. The molecule has 1 aromatic heterocycles. The molecule has 2 heterocycles. The van der Waals surface area contributed by atoms with E-state index >= 15 is 0 Å². The first-order valence-corrected chi connectivity index (χ1v) is 6.76. The molecule has 0 radical (unpaired) electrons. The van der Waals surface area contributed by atoms with Crippen LogP contribution < -0.4 is 4.74 Å². The predicted octanol–water partition coefficient (Wildman–Crippen LogP) is 3.21. The van der Waals surface area contributed by atoms with E-state index in [4.69, 9.17) is 16.3 Å². The highest BCUT2D eigenvalue weighted by atomic mass is 35.5. The van der Waals surface area contributed by atoms with E-state index in [1.165, 1.54) is 0 Å². The fraction of sp³-hybridized carbons (Fsp3) is 0.267. The van der Waals surface area contributed by atoms with E-state index < -0.39 is 0 Å². The van der Waals surface area contributed by atoms with Gasteiger partial charge in [-0.1, -0.05) is 18.2 Å². The van der Waals surface area contributed by atoms with Crippen LogP contribution in [0.1, 0.15) is 18.2 Å². The first kappa shape index (κ1) is 13.1. The molecule has 1 aliphatic rings.